The van der Waals surface area contributed by atoms with Crippen LogP contribution in [0.3, 0.4) is 0 Å². The molecule has 2 fully saturated rings. The van der Waals surface area contributed by atoms with Crippen LogP contribution < -0.4 is 4.72 Å². The van der Waals surface area contributed by atoms with Crippen molar-refractivity contribution in [2.45, 2.75) is 24.2 Å². The van der Waals surface area contributed by atoms with E-state index in [1.807, 2.05) is 0 Å². The molecule has 1 heterocycles. The number of aliphatic carboxylic acids is 1. The number of hydrogen-bond acceptors (Lipinski definition) is 4. The third-order valence-electron chi connectivity index (χ3n) is 5.29. The molecule has 0 aromatic heterocycles. The molecule has 26 heavy (non-hydrogen) atoms. The predicted octanol–water partition coefficient (Wildman–Crippen LogP) is 0.925. The van der Waals surface area contributed by atoms with Gasteiger partial charge in [-0.2, -0.15) is 4.72 Å². The fourth-order valence-electron chi connectivity index (χ4n) is 3.60. The molecule has 1 unspecified atom stereocenters. The van der Waals surface area contributed by atoms with E-state index in [0.29, 0.717) is 32.4 Å². The zero-order valence-electron chi connectivity index (χ0n) is 14.1. The number of carboxylic acids is 1. The predicted molar refractivity (Wildman–Crippen MR) is 93.8 cm³/mol. The number of piperidine rings is 1. The van der Waals surface area contributed by atoms with Gasteiger partial charge in [-0.3, -0.25) is 9.59 Å². The average molecular weight is 376 g/mol. The number of carbonyl (C=O) groups excluding carboxylic acids is 1. The largest absolute Gasteiger partial charge is 0.481 e. The van der Waals surface area contributed by atoms with Gasteiger partial charge < -0.3 is 10.0 Å². The normalized spacial score (nSPS) is 21.2. The summed E-state index contributed by atoms with van der Waals surface area (Å²) in [5.74, 6) is 0.894. The average Bonchev–Trinajstić information content (AvgIpc) is 3.34. The maximum Gasteiger partial charge on any atom is 0.307 e. The van der Waals surface area contributed by atoms with Crippen LogP contribution in [0.5, 0.6) is 0 Å². The molecule has 1 saturated heterocycles. The van der Waals surface area contributed by atoms with Gasteiger partial charge in [0, 0.05) is 18.7 Å². The summed E-state index contributed by atoms with van der Waals surface area (Å²) in [6.07, 6.45) is 7.08. The van der Waals surface area contributed by atoms with Crippen LogP contribution in [-0.2, 0) is 14.8 Å². The van der Waals surface area contributed by atoms with E-state index >= 15 is 0 Å². The van der Waals surface area contributed by atoms with Gasteiger partial charge in [0.1, 0.15) is 0 Å². The first-order valence-electron chi connectivity index (χ1n) is 8.34. The molecule has 1 aromatic rings. The minimum Gasteiger partial charge on any atom is -0.481 e. The molecular weight excluding hydrogens is 356 g/mol. The Morgan fingerprint density at radius 2 is 2.04 bits per heavy atom. The number of amides is 1. The molecule has 1 saturated carbocycles. The van der Waals surface area contributed by atoms with Gasteiger partial charge in [0.2, 0.25) is 10.0 Å². The van der Waals surface area contributed by atoms with Crippen LogP contribution in [0.4, 0.5) is 0 Å². The lowest BCUT2D eigenvalue weighted by atomic mass is 9.90. The molecule has 8 heteroatoms. The van der Waals surface area contributed by atoms with Crippen molar-refractivity contribution in [2.24, 2.45) is 11.3 Å². The Morgan fingerprint density at radius 1 is 1.35 bits per heavy atom. The van der Waals surface area contributed by atoms with E-state index in [9.17, 15) is 18.0 Å². The summed E-state index contributed by atoms with van der Waals surface area (Å²) >= 11 is 0. The number of likely N-dealkylation sites (tertiary alicyclic amines) is 1. The van der Waals surface area contributed by atoms with E-state index in [1.165, 1.54) is 18.2 Å². The number of hydrogen-bond donors (Lipinski definition) is 2. The highest BCUT2D eigenvalue weighted by Crippen LogP contribution is 2.59. The van der Waals surface area contributed by atoms with Gasteiger partial charge in [-0.05, 0) is 42.9 Å². The standard InChI is InChI=1S/C18H20N2O5S/c1-2-8-19-26(24,25)14-5-3-4-13(11-14)16(21)20-9-6-18(7-10-20)12-15(18)17(22)23/h1,3-5,11,15,19H,6-10,12H2,(H,22,23). The molecule has 1 aromatic carbocycles. The van der Waals surface area contributed by atoms with Crippen molar-refractivity contribution < 1.29 is 23.1 Å². The number of nitrogens with one attached hydrogen (secondary N) is 1. The first-order chi connectivity index (χ1) is 12.3. The molecular formula is C18H20N2O5S. The van der Waals surface area contributed by atoms with Crippen molar-refractivity contribution in [1.82, 2.24) is 9.62 Å². The molecule has 1 atom stereocenters. The van der Waals surface area contributed by atoms with Gasteiger partial charge in [-0.1, -0.05) is 12.0 Å². The summed E-state index contributed by atoms with van der Waals surface area (Å²) in [5.41, 5.74) is 0.127. The maximum absolute atomic E-state index is 12.7. The van der Waals surface area contributed by atoms with E-state index in [-0.39, 0.29) is 34.2 Å². The van der Waals surface area contributed by atoms with Crippen LogP contribution in [0, 0.1) is 23.7 Å². The van der Waals surface area contributed by atoms with Crippen LogP contribution in [0.15, 0.2) is 29.2 Å². The zero-order valence-corrected chi connectivity index (χ0v) is 15.0. The molecule has 2 aliphatic rings. The third-order valence-corrected chi connectivity index (χ3v) is 6.69. The molecule has 2 N–H and O–H groups in total. The second-order valence-corrected chi connectivity index (χ2v) is 8.57. The van der Waals surface area contributed by atoms with Gasteiger partial charge >= 0.3 is 5.97 Å². The molecule has 138 valence electrons. The minimum atomic E-state index is -3.76. The van der Waals surface area contributed by atoms with Crippen molar-refractivity contribution in [3.8, 4) is 12.3 Å². The lowest BCUT2D eigenvalue weighted by Crippen LogP contribution is -2.40. The number of carbonyl (C=O) groups is 2. The topological polar surface area (TPSA) is 104 Å². The second-order valence-electron chi connectivity index (χ2n) is 6.81. The molecule has 3 rings (SSSR count). The molecule has 1 spiro atoms. The number of sulfonamides is 1. The highest BCUT2D eigenvalue weighted by atomic mass is 32.2. The monoisotopic (exact) mass is 376 g/mol. The maximum atomic E-state index is 12.7. The Balaban J connectivity index is 1.69. The van der Waals surface area contributed by atoms with Crippen LogP contribution in [0.2, 0.25) is 0 Å². The van der Waals surface area contributed by atoms with E-state index in [2.05, 4.69) is 10.6 Å². The van der Waals surface area contributed by atoms with Crippen molar-refractivity contribution in [3.05, 3.63) is 29.8 Å². The number of benzene rings is 1. The number of nitrogens with zero attached hydrogens (tertiary/aromatic N) is 1. The smallest absolute Gasteiger partial charge is 0.307 e. The minimum absolute atomic E-state index is 0.0137. The summed E-state index contributed by atoms with van der Waals surface area (Å²) in [6, 6.07) is 5.83. The molecule has 1 aliphatic carbocycles. The van der Waals surface area contributed by atoms with E-state index in [0.717, 1.165) is 0 Å². The quantitative estimate of drug-likeness (QED) is 0.744. The summed E-state index contributed by atoms with van der Waals surface area (Å²) in [4.78, 5) is 25.5. The fourth-order valence-corrected chi connectivity index (χ4v) is 4.58. The van der Waals surface area contributed by atoms with E-state index < -0.39 is 16.0 Å². The molecule has 0 bridgehead atoms. The molecule has 0 radical (unpaired) electrons. The fraction of sp³-hybridized carbons (Fsp3) is 0.444. The Labute approximate surface area is 152 Å². The molecule has 1 aliphatic heterocycles. The third kappa shape index (κ3) is 3.45. The first-order valence-corrected chi connectivity index (χ1v) is 9.83. The highest BCUT2D eigenvalue weighted by molar-refractivity contribution is 7.89. The van der Waals surface area contributed by atoms with Gasteiger partial charge in [-0.15, -0.1) is 6.42 Å². The first kappa shape index (κ1) is 18.4. The lowest BCUT2D eigenvalue weighted by molar-refractivity contribution is -0.139. The van der Waals surface area contributed by atoms with E-state index in [1.54, 1.807) is 11.0 Å². The summed E-state index contributed by atoms with van der Waals surface area (Å²) in [6.45, 7) is 0.837. The Kier molecular flexibility index (Phi) is 4.78. The Hall–Kier alpha value is -2.37. The van der Waals surface area contributed by atoms with Crippen molar-refractivity contribution in [1.29, 1.82) is 0 Å². The zero-order chi connectivity index (χ0) is 18.9. The summed E-state index contributed by atoms with van der Waals surface area (Å²) < 4.78 is 26.6. The van der Waals surface area contributed by atoms with Gasteiger partial charge in [0.05, 0.1) is 17.4 Å². The Morgan fingerprint density at radius 3 is 2.62 bits per heavy atom. The van der Waals surface area contributed by atoms with Crippen LogP contribution >= 0.6 is 0 Å². The van der Waals surface area contributed by atoms with E-state index in [4.69, 9.17) is 11.5 Å². The van der Waals surface area contributed by atoms with Gasteiger partial charge in [0.15, 0.2) is 0 Å². The van der Waals surface area contributed by atoms with Crippen LogP contribution in [0.1, 0.15) is 29.6 Å². The number of carboxylic acid groups (broad SMARTS) is 1. The lowest BCUT2D eigenvalue weighted by Gasteiger charge is -2.32. The Bertz CT molecular complexity index is 879. The highest BCUT2D eigenvalue weighted by Gasteiger charge is 2.59. The molecule has 1 amide bonds. The van der Waals surface area contributed by atoms with Crippen molar-refractivity contribution in [2.75, 3.05) is 19.6 Å². The van der Waals surface area contributed by atoms with Crippen LogP contribution in [0.25, 0.3) is 0 Å². The van der Waals surface area contributed by atoms with Gasteiger partial charge in [-0.25, -0.2) is 8.42 Å². The van der Waals surface area contributed by atoms with Crippen LogP contribution in [-0.4, -0.2) is 49.9 Å². The SMILES string of the molecule is C#CCNS(=O)(=O)c1cccc(C(=O)N2CCC3(CC2)CC3C(=O)O)c1. The summed E-state index contributed by atoms with van der Waals surface area (Å²) in [7, 11) is -3.76. The van der Waals surface area contributed by atoms with Gasteiger partial charge in [0.25, 0.3) is 5.91 Å². The van der Waals surface area contributed by atoms with Crippen molar-refractivity contribution in [3.63, 3.8) is 0 Å². The number of rotatable bonds is 5. The number of terminal acetylenes is 1. The van der Waals surface area contributed by atoms with Crippen molar-refractivity contribution >= 4 is 21.9 Å². The molecule has 7 nitrogen and oxygen atoms in total. The second kappa shape index (κ2) is 6.74. The summed E-state index contributed by atoms with van der Waals surface area (Å²) in [5, 5.41) is 9.14.